The van der Waals surface area contributed by atoms with Gasteiger partial charge in [0, 0.05) is 32.7 Å². The third-order valence-electron chi connectivity index (χ3n) is 2.74. The third kappa shape index (κ3) is 6.69. The zero-order valence-corrected chi connectivity index (χ0v) is 12.3. The molecule has 19 heavy (non-hydrogen) atoms. The molecule has 0 spiro atoms. The fraction of sp³-hybridized carbons (Fsp3) is 0.900. The van der Waals surface area contributed by atoms with Crippen LogP contribution in [-0.4, -0.2) is 67.8 Å². The summed E-state index contributed by atoms with van der Waals surface area (Å²) >= 11 is 1.29. The van der Waals surface area contributed by atoms with Gasteiger partial charge in [0.25, 0.3) is 0 Å². The van der Waals surface area contributed by atoms with E-state index >= 15 is 0 Å². The smallest absolute Gasteiger partial charge is 0.353 e. The monoisotopic (exact) mass is 321 g/mol. The maximum atomic E-state index is 12.9. The molecule has 2 N–H and O–H groups in total. The highest BCUT2D eigenvalue weighted by molar-refractivity contribution is 7.99. The zero-order chi connectivity index (χ0) is 13.6. The van der Waals surface area contributed by atoms with Crippen molar-refractivity contribution in [1.29, 1.82) is 0 Å². The summed E-state index contributed by atoms with van der Waals surface area (Å²) < 4.78 is 38.8. The molecule has 1 saturated heterocycles. The van der Waals surface area contributed by atoms with Crippen LogP contribution >= 0.6 is 24.2 Å². The summed E-state index contributed by atoms with van der Waals surface area (Å²) in [7, 11) is 0. The van der Waals surface area contributed by atoms with Crippen LogP contribution in [0.1, 0.15) is 0 Å². The van der Waals surface area contributed by atoms with Gasteiger partial charge in [0.15, 0.2) is 0 Å². The molecule has 0 aromatic rings. The average Bonchev–Trinajstić information content (AvgIpc) is 2.29. The van der Waals surface area contributed by atoms with Crippen LogP contribution in [-0.2, 0) is 4.79 Å². The highest BCUT2D eigenvalue weighted by Gasteiger charge is 2.43. The predicted molar refractivity (Wildman–Crippen MR) is 72.9 cm³/mol. The zero-order valence-electron chi connectivity index (χ0n) is 10.6. The highest BCUT2D eigenvalue weighted by Crippen LogP contribution is 2.24. The van der Waals surface area contributed by atoms with Crippen LogP contribution in [0.4, 0.5) is 13.2 Å². The topological polar surface area (TPSA) is 44.4 Å². The highest BCUT2D eigenvalue weighted by atomic mass is 35.5. The van der Waals surface area contributed by atoms with Crippen LogP contribution in [0, 0.1) is 0 Å². The van der Waals surface area contributed by atoms with E-state index < -0.39 is 12.2 Å². The normalized spacial score (nSPS) is 18.5. The van der Waals surface area contributed by atoms with Crippen LogP contribution < -0.4 is 10.6 Å². The summed E-state index contributed by atoms with van der Waals surface area (Å²) in [6.45, 7) is 1.42. The van der Waals surface area contributed by atoms with Crippen molar-refractivity contribution in [2.75, 3.05) is 44.7 Å². The molecule has 114 valence electrons. The standard InChI is InChI=1S/C10H18F3N3OS.ClH/c1-18-7-9(17)15-6-8(10(11,12)13)16-4-2-14-3-5-16;/h8,14H,2-7H2,1H3,(H,15,17);1H. The van der Waals surface area contributed by atoms with E-state index in [-0.39, 0.29) is 30.6 Å². The van der Waals surface area contributed by atoms with Crippen LogP contribution in [0.15, 0.2) is 0 Å². The molecule has 1 heterocycles. The van der Waals surface area contributed by atoms with Gasteiger partial charge in [-0.2, -0.15) is 24.9 Å². The molecule has 0 saturated carbocycles. The van der Waals surface area contributed by atoms with E-state index in [2.05, 4.69) is 10.6 Å². The van der Waals surface area contributed by atoms with E-state index in [0.717, 1.165) is 0 Å². The lowest BCUT2D eigenvalue weighted by Gasteiger charge is -2.35. The van der Waals surface area contributed by atoms with E-state index in [9.17, 15) is 18.0 Å². The minimum Gasteiger partial charge on any atom is -0.353 e. The maximum Gasteiger partial charge on any atom is 0.405 e. The van der Waals surface area contributed by atoms with Crippen LogP contribution in [0.25, 0.3) is 0 Å². The Labute approximate surface area is 121 Å². The molecule has 1 aliphatic heterocycles. The summed E-state index contributed by atoms with van der Waals surface area (Å²) in [5.41, 5.74) is 0. The largest absolute Gasteiger partial charge is 0.405 e. The molecule has 1 amide bonds. The van der Waals surface area contributed by atoms with Gasteiger partial charge in [0.1, 0.15) is 6.04 Å². The first kappa shape index (κ1) is 18.8. The molecule has 1 rings (SSSR count). The van der Waals surface area contributed by atoms with Gasteiger partial charge in [-0.3, -0.25) is 9.69 Å². The van der Waals surface area contributed by atoms with Gasteiger partial charge in [-0.15, -0.1) is 12.4 Å². The molecule has 0 aliphatic carbocycles. The molecule has 0 aromatic heterocycles. The number of rotatable bonds is 5. The number of nitrogens with one attached hydrogen (secondary N) is 2. The Hall–Kier alpha value is -0.180. The number of amides is 1. The van der Waals surface area contributed by atoms with Crippen molar-refractivity contribution in [2.45, 2.75) is 12.2 Å². The average molecular weight is 322 g/mol. The maximum absolute atomic E-state index is 12.9. The second-order valence-corrected chi connectivity index (χ2v) is 4.95. The number of carbonyl (C=O) groups is 1. The number of alkyl halides is 3. The summed E-state index contributed by atoms with van der Waals surface area (Å²) in [5.74, 6) is -0.168. The van der Waals surface area contributed by atoms with Gasteiger partial charge in [-0.1, -0.05) is 0 Å². The lowest BCUT2D eigenvalue weighted by Crippen LogP contribution is -2.57. The molecular formula is C10H19ClF3N3OS. The van der Waals surface area contributed by atoms with Crippen LogP contribution in [0.5, 0.6) is 0 Å². The van der Waals surface area contributed by atoms with Crippen molar-refractivity contribution in [3.05, 3.63) is 0 Å². The summed E-state index contributed by atoms with van der Waals surface area (Å²) in [6, 6.07) is -1.59. The van der Waals surface area contributed by atoms with Crippen molar-refractivity contribution in [1.82, 2.24) is 15.5 Å². The first-order valence-corrected chi connectivity index (χ1v) is 7.11. The van der Waals surface area contributed by atoms with E-state index in [1.54, 1.807) is 6.26 Å². The van der Waals surface area contributed by atoms with Gasteiger partial charge in [-0.25, -0.2) is 0 Å². The van der Waals surface area contributed by atoms with Gasteiger partial charge >= 0.3 is 6.18 Å². The van der Waals surface area contributed by atoms with Crippen molar-refractivity contribution < 1.29 is 18.0 Å². The lowest BCUT2D eigenvalue weighted by molar-refractivity contribution is -0.183. The number of carbonyl (C=O) groups excluding carboxylic acids is 1. The number of hydrogen-bond acceptors (Lipinski definition) is 4. The van der Waals surface area contributed by atoms with Gasteiger partial charge in [0.05, 0.1) is 5.75 Å². The van der Waals surface area contributed by atoms with Crippen molar-refractivity contribution in [2.24, 2.45) is 0 Å². The molecule has 0 bridgehead atoms. The Balaban J connectivity index is 0.00000324. The van der Waals surface area contributed by atoms with E-state index in [1.165, 1.54) is 16.7 Å². The molecule has 1 unspecified atom stereocenters. The predicted octanol–water partition coefficient (Wildman–Crippen LogP) is 0.723. The molecule has 9 heteroatoms. The van der Waals surface area contributed by atoms with Gasteiger partial charge in [0.2, 0.25) is 5.91 Å². The molecule has 1 aliphatic rings. The Kier molecular flexibility index (Phi) is 8.80. The van der Waals surface area contributed by atoms with Crippen molar-refractivity contribution >= 4 is 30.1 Å². The third-order valence-corrected chi connectivity index (χ3v) is 3.29. The van der Waals surface area contributed by atoms with Crippen LogP contribution in [0.3, 0.4) is 0 Å². The van der Waals surface area contributed by atoms with Crippen molar-refractivity contribution in [3.8, 4) is 0 Å². The SMILES string of the molecule is CSCC(=O)NCC(N1CCNCC1)C(F)(F)F.Cl. The Morgan fingerprint density at radius 3 is 2.47 bits per heavy atom. The molecule has 0 aromatic carbocycles. The Morgan fingerprint density at radius 1 is 1.42 bits per heavy atom. The second kappa shape index (κ2) is 8.89. The molecule has 0 radical (unpaired) electrons. The summed E-state index contributed by atoms with van der Waals surface area (Å²) in [6.07, 6.45) is -2.58. The van der Waals surface area contributed by atoms with E-state index in [1.807, 2.05) is 0 Å². The Bertz CT molecular complexity index is 275. The minimum absolute atomic E-state index is 0. The molecule has 1 fully saturated rings. The number of nitrogens with zero attached hydrogens (tertiary/aromatic N) is 1. The number of piperazine rings is 1. The van der Waals surface area contributed by atoms with E-state index in [0.29, 0.717) is 26.2 Å². The molecular weight excluding hydrogens is 303 g/mol. The van der Waals surface area contributed by atoms with Gasteiger partial charge in [-0.05, 0) is 6.26 Å². The van der Waals surface area contributed by atoms with Crippen molar-refractivity contribution in [3.63, 3.8) is 0 Å². The quantitative estimate of drug-likeness (QED) is 0.783. The van der Waals surface area contributed by atoms with E-state index in [4.69, 9.17) is 0 Å². The Morgan fingerprint density at radius 2 is 2.00 bits per heavy atom. The molecule has 4 nitrogen and oxygen atoms in total. The second-order valence-electron chi connectivity index (χ2n) is 4.08. The summed E-state index contributed by atoms with van der Waals surface area (Å²) in [5, 5.41) is 5.35. The molecule has 1 atom stereocenters. The number of thioether (sulfide) groups is 1. The minimum atomic E-state index is -4.32. The lowest BCUT2D eigenvalue weighted by atomic mass is 10.2. The fourth-order valence-corrected chi connectivity index (χ4v) is 2.20. The number of halogens is 4. The summed E-state index contributed by atoms with van der Waals surface area (Å²) in [4.78, 5) is 12.6. The number of hydrogen-bond donors (Lipinski definition) is 2. The first-order chi connectivity index (χ1) is 8.45. The van der Waals surface area contributed by atoms with Crippen LogP contribution in [0.2, 0.25) is 0 Å². The first-order valence-electron chi connectivity index (χ1n) is 5.72. The van der Waals surface area contributed by atoms with Gasteiger partial charge < -0.3 is 10.6 Å². The fourth-order valence-electron chi connectivity index (χ4n) is 1.84.